The first-order valence-electron chi connectivity index (χ1n) is 9.94. The van der Waals surface area contributed by atoms with E-state index in [2.05, 4.69) is 51.5 Å². The molecule has 1 saturated heterocycles. The Morgan fingerprint density at radius 1 is 1.19 bits per heavy atom. The molecule has 0 atom stereocenters. The maximum absolute atomic E-state index is 4.74. The summed E-state index contributed by atoms with van der Waals surface area (Å²) in [6.07, 6.45) is 8.75. The van der Waals surface area contributed by atoms with Gasteiger partial charge in [0.2, 0.25) is 0 Å². The molecule has 2 N–H and O–H groups in total. The molecule has 1 aliphatic rings. The third-order valence-electron chi connectivity index (χ3n) is 4.61. The molecule has 2 aromatic heterocycles. The molecule has 0 saturated carbocycles. The Morgan fingerprint density at radius 2 is 2.04 bits per heavy atom. The Labute approximate surface area is 166 Å². The lowest BCUT2D eigenvalue weighted by atomic mass is 10.1. The lowest BCUT2D eigenvalue weighted by molar-refractivity contribution is 0.573. The van der Waals surface area contributed by atoms with Gasteiger partial charge in [0.25, 0.3) is 0 Å². The number of thiazole rings is 1. The van der Waals surface area contributed by atoms with Gasteiger partial charge in [0.05, 0.1) is 13.1 Å². The van der Waals surface area contributed by atoms with Gasteiger partial charge in [-0.3, -0.25) is 0 Å². The molecular formula is C20H30N6S. The molecule has 3 heterocycles. The van der Waals surface area contributed by atoms with Crippen molar-refractivity contribution in [3.05, 3.63) is 40.0 Å². The minimum absolute atomic E-state index is 0.636. The average molecular weight is 387 g/mol. The lowest BCUT2D eigenvalue weighted by Gasteiger charge is -2.27. The highest BCUT2D eigenvalue weighted by atomic mass is 32.1. The number of aryl methyl sites for hydroxylation is 1. The van der Waals surface area contributed by atoms with Crippen LogP contribution in [0.3, 0.4) is 0 Å². The standard InChI is InChI=1S/C20H30N6S/c1-3-17-14-23-19(27-17)15-25-20(21-4-2)24-13-16-8-9-22-18(12-16)26-10-6-5-7-11-26/h8-9,12,14H,3-7,10-11,13,15H2,1-2H3,(H2,21,24,25). The van der Waals surface area contributed by atoms with Crippen LogP contribution in [0, 0.1) is 0 Å². The minimum Gasteiger partial charge on any atom is -0.357 e. The SMILES string of the molecule is CCNC(=NCc1ccnc(N2CCCCC2)c1)NCc1ncc(CC)s1. The van der Waals surface area contributed by atoms with Crippen molar-refractivity contribution in [1.82, 2.24) is 20.6 Å². The molecule has 6 nitrogen and oxygen atoms in total. The summed E-state index contributed by atoms with van der Waals surface area (Å²) in [5.74, 6) is 1.90. The summed E-state index contributed by atoms with van der Waals surface area (Å²) in [4.78, 5) is 17.4. The molecule has 0 bridgehead atoms. The van der Waals surface area contributed by atoms with Crippen LogP contribution >= 0.6 is 11.3 Å². The second-order valence-corrected chi connectivity index (χ2v) is 7.89. The predicted molar refractivity (Wildman–Crippen MR) is 113 cm³/mol. The molecule has 0 aromatic carbocycles. The number of pyridine rings is 1. The van der Waals surface area contributed by atoms with Crippen LogP contribution in [0.1, 0.15) is 48.6 Å². The monoisotopic (exact) mass is 386 g/mol. The van der Waals surface area contributed by atoms with E-state index in [1.807, 2.05) is 12.4 Å². The van der Waals surface area contributed by atoms with Crippen LogP contribution < -0.4 is 15.5 Å². The van der Waals surface area contributed by atoms with E-state index >= 15 is 0 Å². The number of anilines is 1. The third-order valence-corrected chi connectivity index (χ3v) is 5.75. The van der Waals surface area contributed by atoms with Gasteiger partial charge in [0.15, 0.2) is 5.96 Å². The van der Waals surface area contributed by atoms with Crippen LogP contribution in [0.2, 0.25) is 0 Å². The number of guanidine groups is 1. The number of aromatic nitrogens is 2. The van der Waals surface area contributed by atoms with Gasteiger partial charge in [-0.1, -0.05) is 6.92 Å². The van der Waals surface area contributed by atoms with Crippen LogP contribution in [0.4, 0.5) is 5.82 Å². The van der Waals surface area contributed by atoms with E-state index in [0.29, 0.717) is 13.1 Å². The van der Waals surface area contributed by atoms with Gasteiger partial charge in [-0.2, -0.15) is 0 Å². The summed E-state index contributed by atoms with van der Waals surface area (Å²) >= 11 is 1.75. The first-order valence-corrected chi connectivity index (χ1v) is 10.8. The largest absolute Gasteiger partial charge is 0.357 e. The minimum atomic E-state index is 0.636. The smallest absolute Gasteiger partial charge is 0.191 e. The quantitative estimate of drug-likeness (QED) is 0.564. The zero-order valence-electron chi connectivity index (χ0n) is 16.4. The van der Waals surface area contributed by atoms with Crippen molar-refractivity contribution in [3.63, 3.8) is 0 Å². The van der Waals surface area contributed by atoms with Crippen LogP contribution in [0.25, 0.3) is 0 Å². The predicted octanol–water partition coefficient (Wildman–Crippen LogP) is 3.35. The van der Waals surface area contributed by atoms with E-state index in [4.69, 9.17) is 4.99 Å². The van der Waals surface area contributed by atoms with E-state index in [1.54, 1.807) is 11.3 Å². The topological polar surface area (TPSA) is 65.4 Å². The zero-order chi connectivity index (χ0) is 18.9. The molecule has 0 amide bonds. The summed E-state index contributed by atoms with van der Waals surface area (Å²) in [6, 6.07) is 4.22. The first-order chi connectivity index (χ1) is 13.3. The Bertz CT molecular complexity index is 736. The molecule has 0 unspecified atom stereocenters. The molecule has 0 aliphatic carbocycles. The summed E-state index contributed by atoms with van der Waals surface area (Å²) < 4.78 is 0. The molecule has 1 fully saturated rings. The Kier molecular flexibility index (Phi) is 7.45. The molecule has 0 radical (unpaired) electrons. The van der Waals surface area contributed by atoms with E-state index in [-0.39, 0.29) is 0 Å². The highest BCUT2D eigenvalue weighted by molar-refractivity contribution is 7.11. The van der Waals surface area contributed by atoms with Gasteiger partial charge < -0.3 is 15.5 Å². The maximum atomic E-state index is 4.74. The van der Waals surface area contributed by atoms with Crippen LogP contribution in [-0.2, 0) is 19.5 Å². The van der Waals surface area contributed by atoms with Crippen molar-refractivity contribution in [2.45, 2.75) is 52.6 Å². The Morgan fingerprint density at radius 3 is 2.78 bits per heavy atom. The zero-order valence-corrected chi connectivity index (χ0v) is 17.2. The van der Waals surface area contributed by atoms with Crippen molar-refractivity contribution >= 4 is 23.1 Å². The maximum Gasteiger partial charge on any atom is 0.191 e. The van der Waals surface area contributed by atoms with E-state index < -0.39 is 0 Å². The number of hydrogen-bond donors (Lipinski definition) is 2. The van der Waals surface area contributed by atoms with Crippen molar-refractivity contribution in [2.75, 3.05) is 24.5 Å². The van der Waals surface area contributed by atoms with Gasteiger partial charge in [-0.25, -0.2) is 15.0 Å². The van der Waals surface area contributed by atoms with E-state index in [0.717, 1.165) is 42.8 Å². The molecule has 27 heavy (non-hydrogen) atoms. The number of nitrogens with zero attached hydrogens (tertiary/aromatic N) is 4. The number of hydrogen-bond acceptors (Lipinski definition) is 5. The lowest BCUT2D eigenvalue weighted by Crippen LogP contribution is -2.36. The summed E-state index contributed by atoms with van der Waals surface area (Å²) in [5, 5.41) is 7.79. The summed E-state index contributed by atoms with van der Waals surface area (Å²) in [7, 11) is 0. The molecule has 1 aliphatic heterocycles. The number of nitrogens with one attached hydrogen (secondary N) is 2. The molecule has 7 heteroatoms. The van der Waals surface area contributed by atoms with Crippen molar-refractivity contribution < 1.29 is 0 Å². The summed E-state index contributed by atoms with van der Waals surface area (Å²) in [5.41, 5.74) is 1.19. The number of aliphatic imine (C=N–C) groups is 1. The van der Waals surface area contributed by atoms with Crippen LogP contribution in [-0.4, -0.2) is 35.6 Å². The molecule has 2 aromatic rings. The van der Waals surface area contributed by atoms with E-state index in [9.17, 15) is 0 Å². The third kappa shape index (κ3) is 5.92. The molecule has 146 valence electrons. The van der Waals surface area contributed by atoms with E-state index in [1.165, 1.54) is 29.7 Å². The number of rotatable bonds is 7. The van der Waals surface area contributed by atoms with Crippen LogP contribution in [0.15, 0.2) is 29.5 Å². The Hall–Kier alpha value is -2.15. The second kappa shape index (κ2) is 10.3. The Balaban J connectivity index is 1.60. The first kappa shape index (κ1) is 19.6. The second-order valence-electron chi connectivity index (χ2n) is 6.69. The van der Waals surface area contributed by atoms with Gasteiger partial charge in [0, 0.05) is 36.9 Å². The van der Waals surface area contributed by atoms with Gasteiger partial charge in [-0.05, 0) is 50.3 Å². The summed E-state index contributed by atoms with van der Waals surface area (Å²) in [6.45, 7) is 8.62. The fourth-order valence-electron chi connectivity index (χ4n) is 3.12. The van der Waals surface area contributed by atoms with Crippen molar-refractivity contribution in [3.8, 4) is 0 Å². The van der Waals surface area contributed by atoms with Crippen molar-refractivity contribution in [1.29, 1.82) is 0 Å². The molecule has 0 spiro atoms. The normalized spacial score (nSPS) is 15.0. The van der Waals surface area contributed by atoms with Crippen molar-refractivity contribution in [2.24, 2.45) is 4.99 Å². The fourth-order valence-corrected chi connectivity index (χ4v) is 3.92. The van der Waals surface area contributed by atoms with Gasteiger partial charge >= 0.3 is 0 Å². The van der Waals surface area contributed by atoms with Crippen LogP contribution in [0.5, 0.6) is 0 Å². The molecular weight excluding hydrogens is 356 g/mol. The highest BCUT2D eigenvalue weighted by Gasteiger charge is 2.12. The number of piperidine rings is 1. The average Bonchev–Trinajstić information content (AvgIpc) is 3.19. The van der Waals surface area contributed by atoms with Gasteiger partial charge in [0.1, 0.15) is 10.8 Å². The van der Waals surface area contributed by atoms with Gasteiger partial charge in [-0.15, -0.1) is 11.3 Å². The fraction of sp³-hybridized carbons (Fsp3) is 0.550. The molecule has 3 rings (SSSR count). The highest BCUT2D eigenvalue weighted by Crippen LogP contribution is 2.18.